The highest BCUT2D eigenvalue weighted by atomic mass is 16.5. The molecule has 2 atom stereocenters. The van der Waals surface area contributed by atoms with Gasteiger partial charge in [0, 0.05) is 25.1 Å². The predicted octanol–water partition coefficient (Wildman–Crippen LogP) is 1.03. The fourth-order valence-corrected chi connectivity index (χ4v) is 3.11. The molecule has 1 aromatic carbocycles. The van der Waals surface area contributed by atoms with Gasteiger partial charge in [-0.2, -0.15) is 0 Å². The van der Waals surface area contributed by atoms with E-state index in [0.29, 0.717) is 19.6 Å². The van der Waals surface area contributed by atoms with Crippen LogP contribution < -0.4 is 10.2 Å². The van der Waals surface area contributed by atoms with Crippen LogP contribution in [0.4, 0.5) is 5.69 Å². The van der Waals surface area contributed by atoms with Crippen LogP contribution in [-0.4, -0.2) is 37.0 Å². The standard InChI is InChI=1S/C17H20N2O4/c1-2-11-5-3-4-6-14(11)19-10-12(9-15(19)20)16(21)18-13-7-8-23-17(13)22/h3-6,12-13H,2,7-10H2,1H3,(H,18,21)/t12-,13+/m1/s1. The van der Waals surface area contributed by atoms with Crippen LogP contribution >= 0.6 is 0 Å². The van der Waals surface area contributed by atoms with Crippen LogP contribution in [-0.2, 0) is 25.5 Å². The minimum absolute atomic E-state index is 0.0555. The number of nitrogens with one attached hydrogen (secondary N) is 1. The number of rotatable bonds is 4. The van der Waals surface area contributed by atoms with E-state index < -0.39 is 17.9 Å². The van der Waals surface area contributed by atoms with Crippen LogP contribution in [0.5, 0.6) is 0 Å². The molecule has 0 unspecified atom stereocenters. The quantitative estimate of drug-likeness (QED) is 0.842. The number of ether oxygens (including phenoxy) is 1. The maximum atomic E-state index is 12.3. The number of benzene rings is 1. The predicted molar refractivity (Wildman–Crippen MR) is 83.8 cm³/mol. The van der Waals surface area contributed by atoms with Gasteiger partial charge in [-0.3, -0.25) is 9.59 Å². The minimum atomic E-state index is -0.574. The lowest BCUT2D eigenvalue weighted by atomic mass is 10.1. The SMILES string of the molecule is CCc1ccccc1N1C[C@H](C(=O)N[C@H]2CCOC2=O)CC1=O. The molecule has 2 amide bonds. The monoisotopic (exact) mass is 316 g/mol. The van der Waals surface area contributed by atoms with Gasteiger partial charge in [0.15, 0.2) is 0 Å². The number of hydrogen-bond donors (Lipinski definition) is 1. The fraction of sp³-hybridized carbons (Fsp3) is 0.471. The normalized spacial score (nSPS) is 24.0. The van der Waals surface area contributed by atoms with E-state index >= 15 is 0 Å². The molecular formula is C17H20N2O4. The lowest BCUT2D eigenvalue weighted by molar-refractivity contribution is -0.141. The summed E-state index contributed by atoms with van der Waals surface area (Å²) in [6.45, 7) is 2.72. The zero-order chi connectivity index (χ0) is 16.4. The van der Waals surface area contributed by atoms with Crippen LogP contribution in [0.25, 0.3) is 0 Å². The van der Waals surface area contributed by atoms with Gasteiger partial charge in [-0.1, -0.05) is 25.1 Å². The average Bonchev–Trinajstić information content (AvgIpc) is 3.13. The van der Waals surface area contributed by atoms with E-state index in [2.05, 4.69) is 5.32 Å². The Morgan fingerprint density at radius 1 is 1.35 bits per heavy atom. The van der Waals surface area contributed by atoms with E-state index in [1.807, 2.05) is 31.2 Å². The largest absolute Gasteiger partial charge is 0.464 e. The molecule has 2 aliphatic rings. The molecule has 1 N–H and O–H groups in total. The number of hydrogen-bond acceptors (Lipinski definition) is 4. The molecule has 122 valence electrons. The summed E-state index contributed by atoms with van der Waals surface area (Å²) in [6, 6.07) is 7.16. The highest BCUT2D eigenvalue weighted by Gasteiger charge is 2.38. The third-order valence-electron chi connectivity index (χ3n) is 4.41. The highest BCUT2D eigenvalue weighted by molar-refractivity contribution is 6.01. The molecule has 0 spiro atoms. The number of amides is 2. The summed E-state index contributed by atoms with van der Waals surface area (Å²) in [5.41, 5.74) is 1.96. The molecule has 6 nitrogen and oxygen atoms in total. The Labute approximate surface area is 134 Å². The molecule has 0 aromatic heterocycles. The molecule has 0 bridgehead atoms. The molecule has 0 aliphatic carbocycles. The Balaban J connectivity index is 1.69. The van der Waals surface area contributed by atoms with Crippen LogP contribution in [0.15, 0.2) is 24.3 Å². The molecule has 2 saturated heterocycles. The van der Waals surface area contributed by atoms with Gasteiger partial charge in [-0.15, -0.1) is 0 Å². The summed E-state index contributed by atoms with van der Waals surface area (Å²) >= 11 is 0. The molecule has 2 aliphatic heterocycles. The number of aryl methyl sites for hydroxylation is 1. The van der Waals surface area contributed by atoms with Crippen LogP contribution in [0.2, 0.25) is 0 Å². The first-order valence-electron chi connectivity index (χ1n) is 7.95. The molecule has 0 saturated carbocycles. The summed E-state index contributed by atoms with van der Waals surface area (Å²) in [5.74, 6) is -1.13. The van der Waals surface area contributed by atoms with E-state index in [1.165, 1.54) is 0 Å². The summed E-state index contributed by atoms with van der Waals surface area (Å²) in [6.07, 6.45) is 1.49. The van der Waals surface area contributed by atoms with Crippen molar-refractivity contribution < 1.29 is 19.1 Å². The summed E-state index contributed by atoms with van der Waals surface area (Å²) in [4.78, 5) is 37.8. The van der Waals surface area contributed by atoms with Gasteiger partial charge in [-0.05, 0) is 18.1 Å². The zero-order valence-corrected chi connectivity index (χ0v) is 13.1. The molecule has 23 heavy (non-hydrogen) atoms. The number of para-hydroxylation sites is 1. The summed E-state index contributed by atoms with van der Waals surface area (Å²) < 4.78 is 4.84. The first-order valence-corrected chi connectivity index (χ1v) is 7.95. The second-order valence-corrected chi connectivity index (χ2v) is 5.91. The zero-order valence-electron chi connectivity index (χ0n) is 13.1. The molecule has 2 fully saturated rings. The van der Waals surface area contributed by atoms with Crippen molar-refractivity contribution in [2.45, 2.75) is 32.2 Å². The van der Waals surface area contributed by atoms with E-state index in [9.17, 15) is 14.4 Å². The van der Waals surface area contributed by atoms with Crippen molar-refractivity contribution in [2.24, 2.45) is 5.92 Å². The Bertz CT molecular complexity index is 643. The number of anilines is 1. The molecular weight excluding hydrogens is 296 g/mol. The number of esters is 1. The van der Waals surface area contributed by atoms with Crippen molar-refractivity contribution in [2.75, 3.05) is 18.1 Å². The average molecular weight is 316 g/mol. The molecule has 2 heterocycles. The Hall–Kier alpha value is -2.37. The van der Waals surface area contributed by atoms with Gasteiger partial charge in [0.05, 0.1) is 12.5 Å². The second-order valence-electron chi connectivity index (χ2n) is 5.91. The molecule has 0 radical (unpaired) electrons. The Kier molecular flexibility index (Phi) is 4.32. The second kappa shape index (κ2) is 6.40. The van der Waals surface area contributed by atoms with Gasteiger partial charge in [-0.25, -0.2) is 4.79 Å². The summed E-state index contributed by atoms with van der Waals surface area (Å²) in [7, 11) is 0. The first-order chi connectivity index (χ1) is 11.1. The minimum Gasteiger partial charge on any atom is -0.464 e. The third kappa shape index (κ3) is 3.06. The van der Waals surface area contributed by atoms with E-state index in [0.717, 1.165) is 17.7 Å². The lowest BCUT2D eigenvalue weighted by Gasteiger charge is -2.20. The fourth-order valence-electron chi connectivity index (χ4n) is 3.11. The number of carbonyl (C=O) groups excluding carboxylic acids is 3. The van der Waals surface area contributed by atoms with Crippen LogP contribution in [0.1, 0.15) is 25.3 Å². The van der Waals surface area contributed by atoms with Crippen molar-refractivity contribution >= 4 is 23.5 Å². The van der Waals surface area contributed by atoms with Gasteiger partial charge in [0.25, 0.3) is 0 Å². The topological polar surface area (TPSA) is 75.7 Å². The van der Waals surface area contributed by atoms with Crippen LogP contribution in [0, 0.1) is 5.92 Å². The van der Waals surface area contributed by atoms with Gasteiger partial charge in [0.2, 0.25) is 11.8 Å². The third-order valence-corrected chi connectivity index (χ3v) is 4.41. The smallest absolute Gasteiger partial charge is 0.328 e. The van der Waals surface area contributed by atoms with Crippen LogP contribution in [0.3, 0.4) is 0 Å². The van der Waals surface area contributed by atoms with Gasteiger partial charge in [0.1, 0.15) is 6.04 Å². The number of carbonyl (C=O) groups is 3. The van der Waals surface area contributed by atoms with Gasteiger partial charge >= 0.3 is 5.97 Å². The van der Waals surface area contributed by atoms with Crippen molar-refractivity contribution in [1.29, 1.82) is 0 Å². The molecule has 3 rings (SSSR count). The van der Waals surface area contributed by atoms with Gasteiger partial charge < -0.3 is 15.0 Å². The highest BCUT2D eigenvalue weighted by Crippen LogP contribution is 2.28. The van der Waals surface area contributed by atoms with Crippen molar-refractivity contribution in [1.82, 2.24) is 5.32 Å². The van der Waals surface area contributed by atoms with Crippen molar-refractivity contribution in [3.63, 3.8) is 0 Å². The van der Waals surface area contributed by atoms with Crippen molar-refractivity contribution in [3.05, 3.63) is 29.8 Å². The van der Waals surface area contributed by atoms with Crippen molar-refractivity contribution in [3.8, 4) is 0 Å². The first kappa shape index (κ1) is 15.5. The van der Waals surface area contributed by atoms with E-state index in [1.54, 1.807) is 4.90 Å². The maximum absolute atomic E-state index is 12.3. The molecule has 6 heteroatoms. The lowest BCUT2D eigenvalue weighted by Crippen LogP contribution is -2.42. The number of cyclic esters (lactones) is 1. The number of nitrogens with zero attached hydrogens (tertiary/aromatic N) is 1. The summed E-state index contributed by atoms with van der Waals surface area (Å²) in [5, 5.41) is 2.70. The maximum Gasteiger partial charge on any atom is 0.328 e. The Morgan fingerprint density at radius 2 is 2.13 bits per heavy atom. The Morgan fingerprint density at radius 3 is 2.83 bits per heavy atom. The van der Waals surface area contributed by atoms with E-state index in [4.69, 9.17) is 4.74 Å². The van der Waals surface area contributed by atoms with E-state index in [-0.39, 0.29) is 18.2 Å². The molecule has 1 aromatic rings.